The van der Waals surface area contributed by atoms with Crippen molar-refractivity contribution in [3.63, 3.8) is 0 Å². The number of aryl methyl sites for hydroxylation is 1. The lowest BCUT2D eigenvalue weighted by Gasteiger charge is -2.25. The minimum absolute atomic E-state index is 0.0283. The van der Waals surface area contributed by atoms with E-state index >= 15 is 0 Å². The largest absolute Gasteiger partial charge is 0.388 e. The molecule has 1 atom stereocenters. The van der Waals surface area contributed by atoms with Crippen LogP contribution in [0.4, 0.5) is 0 Å². The summed E-state index contributed by atoms with van der Waals surface area (Å²) < 4.78 is 0. The van der Waals surface area contributed by atoms with Gasteiger partial charge in [-0.25, -0.2) is 0 Å². The van der Waals surface area contributed by atoms with Gasteiger partial charge in [0.1, 0.15) is 0 Å². The van der Waals surface area contributed by atoms with Gasteiger partial charge in [-0.05, 0) is 43.6 Å². The molecule has 1 unspecified atom stereocenters. The number of aliphatic hydroxyl groups is 1. The van der Waals surface area contributed by atoms with Crippen LogP contribution in [0.25, 0.3) is 0 Å². The van der Waals surface area contributed by atoms with Crippen LogP contribution in [0, 0.1) is 5.92 Å². The molecule has 0 saturated carbocycles. The Bertz CT molecular complexity index is 372. The number of carbonyl (C=O) groups excluding carboxylic acids is 1. The van der Waals surface area contributed by atoms with Crippen molar-refractivity contribution in [1.29, 1.82) is 0 Å². The highest BCUT2D eigenvalue weighted by Crippen LogP contribution is 2.15. The van der Waals surface area contributed by atoms with Crippen LogP contribution in [-0.4, -0.2) is 23.2 Å². The third-order valence-corrected chi connectivity index (χ3v) is 3.86. The van der Waals surface area contributed by atoms with Gasteiger partial charge in [-0.3, -0.25) is 4.79 Å². The highest BCUT2D eigenvalue weighted by atomic mass is 32.1. The molecule has 108 valence electrons. The molecule has 0 aromatic carbocycles. The second-order valence-corrected chi connectivity index (χ2v) is 6.84. The molecular weight excluding hydrogens is 258 g/mol. The molecule has 0 aliphatic heterocycles. The molecule has 19 heavy (non-hydrogen) atoms. The summed E-state index contributed by atoms with van der Waals surface area (Å²) in [4.78, 5) is 13.0. The standard InChI is InChI=1S/C15H25NO2S/c1-12(2)10-15(3,18)11-16-14(17)8-4-6-13-7-5-9-19-13/h5,7,9,12,18H,4,6,8,10-11H2,1-3H3,(H,16,17). The first kappa shape index (κ1) is 16.2. The van der Waals surface area contributed by atoms with Gasteiger partial charge in [0.25, 0.3) is 0 Å². The van der Waals surface area contributed by atoms with Gasteiger partial charge in [-0.1, -0.05) is 19.9 Å². The number of amides is 1. The van der Waals surface area contributed by atoms with Crippen molar-refractivity contribution in [2.75, 3.05) is 6.54 Å². The van der Waals surface area contributed by atoms with Crippen LogP contribution in [0.5, 0.6) is 0 Å². The van der Waals surface area contributed by atoms with E-state index in [1.165, 1.54) is 4.88 Å². The molecule has 0 radical (unpaired) electrons. The summed E-state index contributed by atoms with van der Waals surface area (Å²) in [5, 5.41) is 15.0. The Labute approximate surface area is 120 Å². The van der Waals surface area contributed by atoms with Crippen molar-refractivity contribution < 1.29 is 9.90 Å². The average Bonchev–Trinajstić information content (AvgIpc) is 2.78. The fraction of sp³-hybridized carbons (Fsp3) is 0.667. The Balaban J connectivity index is 2.17. The van der Waals surface area contributed by atoms with Gasteiger partial charge < -0.3 is 10.4 Å². The number of hydrogen-bond donors (Lipinski definition) is 2. The van der Waals surface area contributed by atoms with Crippen LogP contribution in [-0.2, 0) is 11.2 Å². The summed E-state index contributed by atoms with van der Waals surface area (Å²) >= 11 is 1.73. The molecule has 2 N–H and O–H groups in total. The first-order valence-corrected chi connectivity index (χ1v) is 7.78. The molecule has 1 rings (SSSR count). The third kappa shape index (κ3) is 7.33. The van der Waals surface area contributed by atoms with E-state index < -0.39 is 5.60 Å². The molecule has 4 heteroatoms. The zero-order valence-corrected chi connectivity index (χ0v) is 12.9. The van der Waals surface area contributed by atoms with Crippen molar-refractivity contribution in [2.24, 2.45) is 5.92 Å². The van der Waals surface area contributed by atoms with Crippen LogP contribution in [0.15, 0.2) is 17.5 Å². The quantitative estimate of drug-likeness (QED) is 0.770. The maximum atomic E-state index is 11.7. The van der Waals surface area contributed by atoms with Gasteiger partial charge in [-0.2, -0.15) is 0 Å². The van der Waals surface area contributed by atoms with Crippen molar-refractivity contribution >= 4 is 17.2 Å². The molecule has 1 aromatic rings. The van der Waals surface area contributed by atoms with E-state index in [0.717, 1.165) is 12.8 Å². The summed E-state index contributed by atoms with van der Waals surface area (Å²) in [5.41, 5.74) is -0.808. The first-order valence-electron chi connectivity index (χ1n) is 6.90. The number of rotatable bonds is 8. The zero-order valence-electron chi connectivity index (χ0n) is 12.1. The maximum absolute atomic E-state index is 11.7. The summed E-state index contributed by atoms with van der Waals surface area (Å²) in [7, 11) is 0. The van der Waals surface area contributed by atoms with Gasteiger partial charge in [0, 0.05) is 17.8 Å². The second-order valence-electron chi connectivity index (χ2n) is 5.80. The minimum atomic E-state index is -0.808. The zero-order chi connectivity index (χ0) is 14.3. The van der Waals surface area contributed by atoms with Gasteiger partial charge >= 0.3 is 0 Å². The Morgan fingerprint density at radius 1 is 1.53 bits per heavy atom. The molecule has 3 nitrogen and oxygen atoms in total. The van der Waals surface area contributed by atoms with Gasteiger partial charge in [-0.15, -0.1) is 11.3 Å². The first-order chi connectivity index (χ1) is 8.89. The van der Waals surface area contributed by atoms with Crippen molar-refractivity contribution in [3.8, 4) is 0 Å². The lowest BCUT2D eigenvalue weighted by atomic mass is 9.94. The Hall–Kier alpha value is -0.870. The van der Waals surface area contributed by atoms with Crippen LogP contribution in [0.1, 0.15) is 44.9 Å². The topological polar surface area (TPSA) is 49.3 Å². The maximum Gasteiger partial charge on any atom is 0.220 e. The summed E-state index contributed by atoms with van der Waals surface area (Å²) in [5.74, 6) is 0.450. The molecule has 0 saturated heterocycles. The van der Waals surface area contributed by atoms with E-state index in [4.69, 9.17) is 0 Å². The molecular formula is C15H25NO2S. The minimum Gasteiger partial charge on any atom is -0.388 e. The normalized spacial score (nSPS) is 14.4. The number of hydrogen-bond acceptors (Lipinski definition) is 3. The van der Waals surface area contributed by atoms with Gasteiger partial charge in [0.15, 0.2) is 0 Å². The fourth-order valence-corrected chi connectivity index (χ4v) is 2.96. The molecule has 1 aromatic heterocycles. The smallest absolute Gasteiger partial charge is 0.220 e. The highest BCUT2D eigenvalue weighted by Gasteiger charge is 2.22. The molecule has 1 heterocycles. The van der Waals surface area contributed by atoms with E-state index in [9.17, 15) is 9.90 Å². The van der Waals surface area contributed by atoms with Gasteiger partial charge in [0.05, 0.1) is 5.60 Å². The lowest BCUT2D eigenvalue weighted by molar-refractivity contribution is -0.122. The Morgan fingerprint density at radius 3 is 2.84 bits per heavy atom. The number of nitrogens with one attached hydrogen (secondary N) is 1. The predicted octanol–water partition coefficient (Wildman–Crippen LogP) is 2.98. The van der Waals surface area contributed by atoms with Crippen LogP contribution in [0.3, 0.4) is 0 Å². The van der Waals surface area contributed by atoms with Crippen molar-refractivity contribution in [2.45, 2.75) is 52.1 Å². The summed E-state index contributed by atoms with van der Waals surface area (Å²) in [6.07, 6.45) is 3.03. The van der Waals surface area contributed by atoms with E-state index in [-0.39, 0.29) is 5.91 Å². The van der Waals surface area contributed by atoms with Crippen LogP contribution in [0.2, 0.25) is 0 Å². The van der Waals surface area contributed by atoms with E-state index in [2.05, 4.69) is 30.6 Å². The van der Waals surface area contributed by atoms with E-state index in [1.54, 1.807) is 18.3 Å². The summed E-state index contributed by atoms with van der Waals surface area (Å²) in [6, 6.07) is 4.12. The van der Waals surface area contributed by atoms with Crippen LogP contribution < -0.4 is 5.32 Å². The van der Waals surface area contributed by atoms with Crippen LogP contribution >= 0.6 is 11.3 Å². The Kier molecular flexibility index (Phi) is 6.52. The Morgan fingerprint density at radius 2 is 2.26 bits per heavy atom. The van der Waals surface area contributed by atoms with Gasteiger partial charge in [0.2, 0.25) is 5.91 Å². The molecule has 0 aliphatic rings. The summed E-state index contributed by atoms with van der Waals surface area (Å²) in [6.45, 7) is 6.25. The van der Waals surface area contributed by atoms with E-state index in [0.29, 0.717) is 25.3 Å². The van der Waals surface area contributed by atoms with Crippen molar-refractivity contribution in [3.05, 3.63) is 22.4 Å². The molecule has 0 bridgehead atoms. The number of carbonyl (C=O) groups is 1. The lowest BCUT2D eigenvalue weighted by Crippen LogP contribution is -2.41. The second kappa shape index (κ2) is 7.65. The predicted molar refractivity (Wildman–Crippen MR) is 80.3 cm³/mol. The van der Waals surface area contributed by atoms with E-state index in [1.807, 2.05) is 6.07 Å². The highest BCUT2D eigenvalue weighted by molar-refractivity contribution is 7.09. The fourth-order valence-electron chi connectivity index (χ4n) is 2.21. The average molecular weight is 283 g/mol. The molecule has 1 amide bonds. The molecule has 0 spiro atoms. The molecule has 0 fully saturated rings. The monoisotopic (exact) mass is 283 g/mol. The van der Waals surface area contributed by atoms with Crippen molar-refractivity contribution in [1.82, 2.24) is 5.32 Å². The SMILES string of the molecule is CC(C)CC(C)(O)CNC(=O)CCCc1cccs1. The molecule has 0 aliphatic carbocycles. The number of thiophene rings is 1. The third-order valence-electron chi connectivity index (χ3n) is 2.92.